The van der Waals surface area contributed by atoms with Crippen LogP contribution in [0.4, 0.5) is 4.79 Å². The van der Waals surface area contributed by atoms with Crippen molar-refractivity contribution in [1.82, 2.24) is 24.9 Å². The number of imide groups is 1. The van der Waals surface area contributed by atoms with Gasteiger partial charge in [0.2, 0.25) is 5.91 Å². The van der Waals surface area contributed by atoms with Crippen molar-refractivity contribution in [2.24, 2.45) is 5.92 Å². The summed E-state index contributed by atoms with van der Waals surface area (Å²) in [6.07, 6.45) is 4.16. The molecule has 0 bridgehead atoms. The van der Waals surface area contributed by atoms with E-state index in [9.17, 15) is 14.4 Å². The molecule has 4 amide bonds. The molecule has 3 aliphatic rings. The molecule has 4 rings (SSSR count). The van der Waals surface area contributed by atoms with E-state index in [1.807, 2.05) is 4.68 Å². The Morgan fingerprint density at radius 3 is 2.61 bits per heavy atom. The number of likely N-dealkylation sites (tertiary alicyclic amines) is 1. The van der Waals surface area contributed by atoms with E-state index in [1.165, 1.54) is 5.56 Å². The molecule has 0 spiro atoms. The van der Waals surface area contributed by atoms with Crippen LogP contribution in [-0.2, 0) is 21.5 Å². The number of aromatic nitrogens is 2. The average molecular weight is 387 g/mol. The van der Waals surface area contributed by atoms with Gasteiger partial charge in [-0.05, 0) is 58.9 Å². The first kappa shape index (κ1) is 19.0. The summed E-state index contributed by atoms with van der Waals surface area (Å²) >= 11 is 0. The van der Waals surface area contributed by atoms with E-state index < -0.39 is 11.6 Å². The number of aryl methyl sites for hydroxylation is 1. The Kier molecular flexibility index (Phi) is 4.10. The van der Waals surface area contributed by atoms with Gasteiger partial charge in [-0.2, -0.15) is 5.10 Å². The summed E-state index contributed by atoms with van der Waals surface area (Å²) < 4.78 is 2.03. The van der Waals surface area contributed by atoms with Crippen molar-refractivity contribution in [1.29, 1.82) is 0 Å². The lowest BCUT2D eigenvalue weighted by molar-refractivity contribution is -0.138. The molecule has 0 aromatic carbocycles. The van der Waals surface area contributed by atoms with Crippen molar-refractivity contribution in [3.05, 3.63) is 17.5 Å². The van der Waals surface area contributed by atoms with Gasteiger partial charge in [-0.1, -0.05) is 0 Å². The predicted octanol–water partition coefficient (Wildman–Crippen LogP) is 1.46. The highest BCUT2D eigenvalue weighted by Crippen LogP contribution is 2.41. The van der Waals surface area contributed by atoms with E-state index in [0.29, 0.717) is 19.0 Å². The lowest BCUT2D eigenvalue weighted by Gasteiger charge is -2.22. The number of hydrogen-bond acceptors (Lipinski definition) is 4. The van der Waals surface area contributed by atoms with Gasteiger partial charge in [-0.15, -0.1) is 0 Å². The van der Waals surface area contributed by atoms with Crippen molar-refractivity contribution < 1.29 is 14.4 Å². The maximum absolute atomic E-state index is 12.8. The minimum atomic E-state index is -0.953. The summed E-state index contributed by atoms with van der Waals surface area (Å²) in [4.78, 5) is 40.1. The molecule has 2 fully saturated rings. The Hall–Kier alpha value is -2.38. The van der Waals surface area contributed by atoms with Crippen LogP contribution >= 0.6 is 0 Å². The molecule has 28 heavy (non-hydrogen) atoms. The number of nitrogens with one attached hydrogen (secondary N) is 1. The molecule has 1 N–H and O–H groups in total. The minimum Gasteiger partial charge on any atom is -0.340 e. The SMILES string of the molecule is CC1(C)NC(=O)N(CC(=O)N2C[C@H]3CCc4cn(C(C)(C)C)nc4[C@H]3C2)C1=O. The molecule has 2 saturated heterocycles. The molecular formula is C20H29N5O3. The molecule has 1 aromatic heterocycles. The Morgan fingerprint density at radius 2 is 2.00 bits per heavy atom. The lowest BCUT2D eigenvalue weighted by Crippen LogP contribution is -2.44. The topological polar surface area (TPSA) is 87.5 Å². The number of hydrogen-bond donors (Lipinski definition) is 1. The number of fused-ring (bicyclic) bond motifs is 3. The summed E-state index contributed by atoms with van der Waals surface area (Å²) in [7, 11) is 0. The second-order valence-electron chi connectivity index (χ2n) is 9.81. The Labute approximate surface area is 165 Å². The van der Waals surface area contributed by atoms with Crippen LogP contribution in [0.2, 0.25) is 0 Å². The summed E-state index contributed by atoms with van der Waals surface area (Å²) in [6, 6.07) is -0.494. The van der Waals surface area contributed by atoms with E-state index in [-0.39, 0.29) is 29.8 Å². The molecular weight excluding hydrogens is 358 g/mol. The lowest BCUT2D eigenvalue weighted by atomic mass is 9.81. The molecule has 8 heteroatoms. The Morgan fingerprint density at radius 1 is 1.29 bits per heavy atom. The quantitative estimate of drug-likeness (QED) is 0.778. The zero-order valence-corrected chi connectivity index (χ0v) is 17.3. The van der Waals surface area contributed by atoms with Crippen molar-refractivity contribution in [2.75, 3.05) is 19.6 Å². The van der Waals surface area contributed by atoms with Gasteiger partial charge in [-0.3, -0.25) is 19.2 Å². The third kappa shape index (κ3) is 2.99. The van der Waals surface area contributed by atoms with Crippen molar-refractivity contribution in [3.8, 4) is 0 Å². The zero-order chi connectivity index (χ0) is 20.4. The molecule has 8 nitrogen and oxygen atoms in total. The molecule has 2 aliphatic heterocycles. The van der Waals surface area contributed by atoms with Crippen LogP contribution in [0.3, 0.4) is 0 Å². The van der Waals surface area contributed by atoms with Crippen molar-refractivity contribution in [2.45, 2.75) is 64.5 Å². The third-order valence-corrected chi connectivity index (χ3v) is 6.18. The highest BCUT2D eigenvalue weighted by molar-refractivity contribution is 6.08. The predicted molar refractivity (Wildman–Crippen MR) is 103 cm³/mol. The third-order valence-electron chi connectivity index (χ3n) is 6.18. The fourth-order valence-corrected chi connectivity index (χ4v) is 4.49. The number of urea groups is 1. The van der Waals surface area contributed by atoms with Crippen LogP contribution in [0.15, 0.2) is 6.20 Å². The molecule has 0 saturated carbocycles. The molecule has 1 aromatic rings. The highest BCUT2D eigenvalue weighted by atomic mass is 16.2. The van der Waals surface area contributed by atoms with Crippen LogP contribution in [0.5, 0.6) is 0 Å². The number of carbonyl (C=O) groups is 3. The monoisotopic (exact) mass is 387 g/mol. The van der Waals surface area contributed by atoms with Gasteiger partial charge in [0, 0.05) is 25.2 Å². The number of rotatable bonds is 2. The van der Waals surface area contributed by atoms with E-state index >= 15 is 0 Å². The Balaban J connectivity index is 1.48. The number of carbonyl (C=O) groups excluding carboxylic acids is 3. The standard InChI is InChI=1S/C20H29N5O3/c1-19(2,3)25-9-13-7-6-12-8-23(10-14(12)16(13)22-25)15(26)11-24-17(27)20(4,5)21-18(24)28/h9,12,14H,6-8,10-11H2,1-5H3,(H,21,28)/t12-,14+/m1/s1. The van der Waals surface area contributed by atoms with Gasteiger partial charge in [0.05, 0.1) is 11.2 Å². The highest BCUT2D eigenvalue weighted by Gasteiger charge is 2.47. The van der Waals surface area contributed by atoms with Crippen LogP contribution in [0, 0.1) is 5.92 Å². The van der Waals surface area contributed by atoms with Crippen LogP contribution in [0.25, 0.3) is 0 Å². The minimum absolute atomic E-state index is 0.0722. The normalized spacial score (nSPS) is 26.3. The van der Waals surface area contributed by atoms with Crippen LogP contribution in [-0.4, -0.2) is 62.6 Å². The van der Waals surface area contributed by atoms with Gasteiger partial charge in [0.25, 0.3) is 5.91 Å². The van der Waals surface area contributed by atoms with E-state index in [4.69, 9.17) is 5.10 Å². The van der Waals surface area contributed by atoms with Gasteiger partial charge in [-0.25, -0.2) is 4.79 Å². The second kappa shape index (κ2) is 6.06. The smallest absolute Gasteiger partial charge is 0.325 e. The number of amides is 4. The van der Waals surface area contributed by atoms with Gasteiger partial charge < -0.3 is 10.2 Å². The van der Waals surface area contributed by atoms with E-state index in [1.54, 1.807) is 18.7 Å². The molecule has 3 heterocycles. The summed E-state index contributed by atoms with van der Waals surface area (Å²) in [5, 5.41) is 7.48. The fraction of sp³-hybridized carbons (Fsp3) is 0.700. The van der Waals surface area contributed by atoms with Crippen molar-refractivity contribution >= 4 is 17.8 Å². The first-order valence-electron chi connectivity index (χ1n) is 9.98. The molecule has 2 atom stereocenters. The largest absolute Gasteiger partial charge is 0.340 e. The maximum atomic E-state index is 12.8. The number of nitrogens with zero attached hydrogens (tertiary/aromatic N) is 4. The fourth-order valence-electron chi connectivity index (χ4n) is 4.49. The molecule has 1 aliphatic carbocycles. The van der Waals surface area contributed by atoms with Crippen LogP contribution in [0.1, 0.15) is 58.2 Å². The molecule has 0 unspecified atom stereocenters. The summed E-state index contributed by atoms with van der Waals surface area (Å²) in [6.45, 7) is 10.8. The average Bonchev–Trinajstić information content (AvgIpc) is 3.24. The van der Waals surface area contributed by atoms with Gasteiger partial charge in [0.1, 0.15) is 12.1 Å². The molecule has 152 valence electrons. The second-order valence-corrected chi connectivity index (χ2v) is 9.81. The van der Waals surface area contributed by atoms with Gasteiger partial charge in [0.15, 0.2) is 0 Å². The van der Waals surface area contributed by atoms with E-state index in [0.717, 1.165) is 23.4 Å². The van der Waals surface area contributed by atoms with Crippen LogP contribution < -0.4 is 5.32 Å². The van der Waals surface area contributed by atoms with E-state index in [2.05, 4.69) is 32.3 Å². The van der Waals surface area contributed by atoms with Crippen molar-refractivity contribution in [3.63, 3.8) is 0 Å². The van der Waals surface area contributed by atoms with Gasteiger partial charge >= 0.3 is 6.03 Å². The first-order valence-corrected chi connectivity index (χ1v) is 9.98. The first-order chi connectivity index (χ1) is 13.0. The maximum Gasteiger partial charge on any atom is 0.325 e. The summed E-state index contributed by atoms with van der Waals surface area (Å²) in [5.41, 5.74) is 1.36. The zero-order valence-electron chi connectivity index (χ0n) is 17.3. The molecule has 0 radical (unpaired) electrons. The Bertz CT molecular complexity index is 851. The summed E-state index contributed by atoms with van der Waals surface area (Å²) in [5.74, 6) is 0.0937.